The molecule has 0 radical (unpaired) electrons. The first kappa shape index (κ1) is 11.1. The molecule has 1 aromatic rings. The van der Waals surface area contributed by atoms with E-state index in [2.05, 4.69) is 20.8 Å². The predicted octanol–water partition coefficient (Wildman–Crippen LogP) is -0.916. The first-order chi connectivity index (χ1) is 8.06. The van der Waals surface area contributed by atoms with Crippen LogP contribution < -0.4 is 15.8 Å². The van der Waals surface area contributed by atoms with Crippen LogP contribution in [-0.4, -0.2) is 33.1 Å². The number of nitrogens with zero attached hydrogens (tertiary/aromatic N) is 4. The Morgan fingerprint density at radius 2 is 2.12 bits per heavy atom. The van der Waals surface area contributed by atoms with E-state index in [9.17, 15) is 9.59 Å². The third kappa shape index (κ3) is 2.41. The number of anilines is 1. The van der Waals surface area contributed by atoms with E-state index in [1.54, 1.807) is 6.20 Å². The molecule has 17 heavy (non-hydrogen) atoms. The van der Waals surface area contributed by atoms with E-state index < -0.39 is 0 Å². The Morgan fingerprint density at radius 1 is 1.35 bits per heavy atom. The van der Waals surface area contributed by atoms with Crippen LogP contribution in [0, 0.1) is 0 Å². The molecule has 2 heterocycles. The molecule has 0 unspecified atom stereocenters. The van der Waals surface area contributed by atoms with Crippen LogP contribution in [0.15, 0.2) is 12.0 Å². The molecular weight excluding hydrogens is 224 g/mol. The van der Waals surface area contributed by atoms with Crippen LogP contribution in [-0.2, 0) is 9.59 Å². The Labute approximate surface area is 97.3 Å². The van der Waals surface area contributed by atoms with Crippen LogP contribution in [0.1, 0.15) is 13.8 Å². The summed E-state index contributed by atoms with van der Waals surface area (Å²) < 4.78 is 1.48. The molecule has 0 aromatic carbocycles. The quantitative estimate of drug-likeness (QED) is 0.693. The van der Waals surface area contributed by atoms with Gasteiger partial charge in [0.1, 0.15) is 6.33 Å². The minimum Gasteiger partial charge on any atom is -0.327 e. The summed E-state index contributed by atoms with van der Waals surface area (Å²) in [6.07, 6.45) is 3.03. The van der Waals surface area contributed by atoms with Gasteiger partial charge in [-0.3, -0.25) is 15.0 Å². The lowest BCUT2D eigenvalue weighted by atomic mass is 10.4. The number of fused-ring (bicyclic) bond motifs is 1. The number of carbonyl (C=O) groups is 2. The minimum atomic E-state index is -0.219. The molecule has 1 aromatic heterocycles. The van der Waals surface area contributed by atoms with Gasteiger partial charge in [0.15, 0.2) is 0 Å². The van der Waals surface area contributed by atoms with Gasteiger partial charge in [0.25, 0.3) is 0 Å². The van der Waals surface area contributed by atoms with Crippen molar-refractivity contribution >= 4 is 24.0 Å². The highest BCUT2D eigenvalue weighted by Gasteiger charge is 2.21. The molecule has 0 saturated carbocycles. The standard InChI is InChI=1S/C9H12N6O2/c1-6(16)12-8-3-14-9(10-5-11-14)15(4-8)13-7(2)17/h3,5H,4H2,1-2H3,(H,12,16)(H,13,17). The van der Waals surface area contributed by atoms with Gasteiger partial charge < -0.3 is 5.32 Å². The van der Waals surface area contributed by atoms with E-state index in [1.807, 2.05) is 0 Å². The maximum atomic E-state index is 11.1. The number of aromatic nitrogens is 3. The summed E-state index contributed by atoms with van der Waals surface area (Å²) in [5.41, 5.74) is 3.24. The number of rotatable bonds is 2. The molecule has 90 valence electrons. The van der Waals surface area contributed by atoms with E-state index in [0.717, 1.165) is 0 Å². The Bertz CT molecular complexity index is 491. The van der Waals surface area contributed by atoms with Gasteiger partial charge in [-0.1, -0.05) is 0 Å². The first-order valence-corrected chi connectivity index (χ1v) is 4.99. The van der Waals surface area contributed by atoms with Crippen LogP contribution >= 0.6 is 0 Å². The molecule has 2 N–H and O–H groups in total. The summed E-state index contributed by atoms with van der Waals surface area (Å²) in [4.78, 5) is 26.1. The Hall–Kier alpha value is -2.38. The number of hydrogen-bond donors (Lipinski definition) is 2. The second kappa shape index (κ2) is 4.24. The van der Waals surface area contributed by atoms with Gasteiger partial charge in [0.05, 0.1) is 18.4 Å². The van der Waals surface area contributed by atoms with Crippen molar-refractivity contribution in [2.45, 2.75) is 13.8 Å². The van der Waals surface area contributed by atoms with Crippen molar-refractivity contribution in [1.82, 2.24) is 25.5 Å². The zero-order valence-electron chi connectivity index (χ0n) is 9.47. The molecule has 0 aliphatic carbocycles. The summed E-state index contributed by atoms with van der Waals surface area (Å²) >= 11 is 0. The summed E-state index contributed by atoms with van der Waals surface area (Å²) in [5, 5.41) is 8.13. The third-order valence-corrected chi connectivity index (χ3v) is 2.03. The van der Waals surface area contributed by atoms with Crippen molar-refractivity contribution in [1.29, 1.82) is 0 Å². The van der Waals surface area contributed by atoms with Crippen molar-refractivity contribution in [3.05, 3.63) is 12.0 Å². The number of hydrazine groups is 1. The number of hydrogen-bond acceptors (Lipinski definition) is 5. The molecule has 8 heteroatoms. The Morgan fingerprint density at radius 3 is 2.76 bits per heavy atom. The zero-order valence-corrected chi connectivity index (χ0v) is 9.47. The molecule has 2 rings (SSSR count). The summed E-state index contributed by atoms with van der Waals surface area (Å²) in [6.45, 7) is 3.15. The number of amides is 2. The molecule has 0 bridgehead atoms. The molecule has 8 nitrogen and oxygen atoms in total. The molecule has 0 atom stereocenters. The van der Waals surface area contributed by atoms with E-state index in [-0.39, 0.29) is 11.8 Å². The topological polar surface area (TPSA) is 92.2 Å². The van der Waals surface area contributed by atoms with Crippen molar-refractivity contribution in [2.75, 3.05) is 11.6 Å². The lowest BCUT2D eigenvalue weighted by Crippen LogP contribution is -2.47. The lowest BCUT2D eigenvalue weighted by molar-refractivity contribution is -0.119. The van der Waals surface area contributed by atoms with Crippen LogP contribution in [0.4, 0.5) is 5.95 Å². The zero-order chi connectivity index (χ0) is 12.4. The van der Waals surface area contributed by atoms with E-state index >= 15 is 0 Å². The minimum absolute atomic E-state index is 0.178. The second-order valence-electron chi connectivity index (χ2n) is 3.59. The van der Waals surface area contributed by atoms with Gasteiger partial charge in [-0.25, -0.2) is 9.69 Å². The summed E-state index contributed by atoms with van der Waals surface area (Å²) in [5.74, 6) is 0.0977. The average Bonchev–Trinajstić information content (AvgIpc) is 2.63. The fraction of sp³-hybridized carbons (Fsp3) is 0.333. The summed E-state index contributed by atoms with van der Waals surface area (Å²) in [7, 11) is 0. The SMILES string of the molecule is CC(=O)NC1=Cn2ncnc2N(NC(C)=O)C1. The van der Waals surface area contributed by atoms with Crippen molar-refractivity contribution in [3.8, 4) is 0 Å². The van der Waals surface area contributed by atoms with Crippen LogP contribution in [0.5, 0.6) is 0 Å². The molecule has 0 spiro atoms. The smallest absolute Gasteiger partial charge is 0.247 e. The lowest BCUT2D eigenvalue weighted by Gasteiger charge is -2.27. The summed E-state index contributed by atoms with van der Waals surface area (Å²) in [6, 6.07) is 0. The van der Waals surface area contributed by atoms with Crippen molar-refractivity contribution in [3.63, 3.8) is 0 Å². The molecule has 0 saturated heterocycles. The molecule has 1 aliphatic rings. The van der Waals surface area contributed by atoms with Crippen LogP contribution in [0.2, 0.25) is 0 Å². The van der Waals surface area contributed by atoms with Gasteiger partial charge in [0.2, 0.25) is 17.8 Å². The molecule has 2 amide bonds. The largest absolute Gasteiger partial charge is 0.327 e. The fourth-order valence-corrected chi connectivity index (χ4v) is 1.54. The van der Waals surface area contributed by atoms with Gasteiger partial charge in [-0.2, -0.15) is 10.1 Å². The third-order valence-electron chi connectivity index (χ3n) is 2.03. The van der Waals surface area contributed by atoms with E-state index in [0.29, 0.717) is 18.2 Å². The fourth-order valence-electron chi connectivity index (χ4n) is 1.54. The Kier molecular flexibility index (Phi) is 2.77. The monoisotopic (exact) mass is 236 g/mol. The van der Waals surface area contributed by atoms with Crippen molar-refractivity contribution < 1.29 is 9.59 Å². The maximum Gasteiger partial charge on any atom is 0.247 e. The number of carbonyl (C=O) groups excluding carboxylic acids is 2. The van der Waals surface area contributed by atoms with Gasteiger partial charge in [0, 0.05) is 13.8 Å². The second-order valence-corrected chi connectivity index (χ2v) is 3.59. The first-order valence-electron chi connectivity index (χ1n) is 4.99. The van der Waals surface area contributed by atoms with E-state index in [1.165, 1.54) is 29.9 Å². The highest BCUT2D eigenvalue weighted by atomic mass is 16.2. The van der Waals surface area contributed by atoms with Crippen LogP contribution in [0.25, 0.3) is 6.20 Å². The molecule has 0 fully saturated rings. The van der Waals surface area contributed by atoms with Gasteiger partial charge in [-0.05, 0) is 0 Å². The van der Waals surface area contributed by atoms with Gasteiger partial charge >= 0.3 is 0 Å². The highest BCUT2D eigenvalue weighted by Crippen LogP contribution is 2.15. The van der Waals surface area contributed by atoms with Gasteiger partial charge in [-0.15, -0.1) is 0 Å². The Balaban J connectivity index is 2.26. The van der Waals surface area contributed by atoms with E-state index in [4.69, 9.17) is 0 Å². The van der Waals surface area contributed by atoms with Crippen LogP contribution in [0.3, 0.4) is 0 Å². The average molecular weight is 236 g/mol. The predicted molar refractivity (Wildman–Crippen MR) is 59.3 cm³/mol. The van der Waals surface area contributed by atoms with Crippen molar-refractivity contribution in [2.24, 2.45) is 0 Å². The molecular formula is C9H12N6O2. The maximum absolute atomic E-state index is 11.1. The number of nitrogens with one attached hydrogen (secondary N) is 2. The normalized spacial score (nSPS) is 13.8. The molecule has 1 aliphatic heterocycles. The highest BCUT2D eigenvalue weighted by molar-refractivity contribution is 5.77.